The van der Waals surface area contributed by atoms with Gasteiger partial charge in [0.15, 0.2) is 11.6 Å². The van der Waals surface area contributed by atoms with Crippen LogP contribution in [0.3, 0.4) is 0 Å². The van der Waals surface area contributed by atoms with E-state index in [1.54, 1.807) is 12.3 Å². The van der Waals surface area contributed by atoms with Gasteiger partial charge in [-0.2, -0.15) is 5.10 Å². The summed E-state index contributed by atoms with van der Waals surface area (Å²) in [6.07, 6.45) is 2.49. The highest BCUT2D eigenvalue weighted by Gasteiger charge is 2.29. The monoisotopic (exact) mass is 438 g/mol. The molecule has 0 radical (unpaired) electrons. The van der Waals surface area contributed by atoms with E-state index < -0.39 is 11.6 Å². The highest BCUT2D eigenvalue weighted by molar-refractivity contribution is 5.95. The first-order chi connectivity index (χ1) is 15.3. The van der Waals surface area contributed by atoms with Crippen molar-refractivity contribution in [1.82, 2.24) is 20.4 Å². The fourth-order valence-electron chi connectivity index (χ4n) is 4.46. The van der Waals surface area contributed by atoms with Crippen LogP contribution in [0, 0.1) is 11.6 Å². The second-order valence-corrected chi connectivity index (χ2v) is 8.65. The minimum atomic E-state index is -0.863. The third-order valence-corrected chi connectivity index (χ3v) is 6.20. The summed E-state index contributed by atoms with van der Waals surface area (Å²) in [6, 6.07) is 11.5. The van der Waals surface area contributed by atoms with Gasteiger partial charge in [0.05, 0.1) is 5.69 Å². The van der Waals surface area contributed by atoms with E-state index in [1.807, 2.05) is 36.0 Å². The molecule has 1 fully saturated rings. The maximum Gasteiger partial charge on any atom is 0.251 e. The number of amides is 1. The fraction of sp³-hybridized carbons (Fsp3) is 0.360. The topological polar surface area (TPSA) is 59.0 Å². The van der Waals surface area contributed by atoms with E-state index in [0.717, 1.165) is 35.9 Å². The lowest BCUT2D eigenvalue weighted by molar-refractivity contribution is 0.0924. The van der Waals surface area contributed by atoms with Crippen LogP contribution in [0.25, 0.3) is 11.3 Å². The molecule has 2 aromatic carbocycles. The Kier molecular flexibility index (Phi) is 6.37. The van der Waals surface area contributed by atoms with Crippen molar-refractivity contribution in [2.75, 3.05) is 13.1 Å². The van der Waals surface area contributed by atoms with Crippen molar-refractivity contribution < 1.29 is 13.6 Å². The van der Waals surface area contributed by atoms with Gasteiger partial charge in [0.25, 0.3) is 5.91 Å². The number of hydrogen-bond donors (Lipinski definition) is 2. The quantitative estimate of drug-likeness (QED) is 0.622. The molecule has 1 aromatic heterocycles. The number of nitrogens with zero attached hydrogens (tertiary/aromatic N) is 2. The molecule has 2 atom stereocenters. The summed E-state index contributed by atoms with van der Waals surface area (Å²) in [5, 5.41) is 10.7. The standard InChI is InChI=1S/C25H28F2N4O/c1-15(2)20-12-17(4-6-19(20)24-9-11-29-31(24)3)25(32)30-23-14-28-10-8-18(23)16-5-7-21(26)22(27)13-16/h4-7,9,11-13,15,18,23,28H,8,10,14H2,1-3H3,(H,30,32)/t18-,23+/m0/s1. The summed E-state index contributed by atoms with van der Waals surface area (Å²) in [4.78, 5) is 13.2. The van der Waals surface area contributed by atoms with Gasteiger partial charge in [-0.15, -0.1) is 0 Å². The van der Waals surface area contributed by atoms with E-state index in [9.17, 15) is 13.6 Å². The molecule has 0 saturated carbocycles. The molecule has 4 rings (SSSR count). The van der Waals surface area contributed by atoms with Gasteiger partial charge in [0.1, 0.15) is 0 Å². The molecule has 7 heteroatoms. The normalized spacial score (nSPS) is 18.7. The van der Waals surface area contributed by atoms with E-state index in [-0.39, 0.29) is 23.8 Å². The van der Waals surface area contributed by atoms with Crippen LogP contribution in [0.2, 0.25) is 0 Å². The lowest BCUT2D eigenvalue weighted by atomic mass is 9.85. The van der Waals surface area contributed by atoms with E-state index in [1.165, 1.54) is 6.07 Å². The molecule has 1 amide bonds. The van der Waals surface area contributed by atoms with Gasteiger partial charge in [-0.1, -0.05) is 26.0 Å². The Hall–Kier alpha value is -3.06. The summed E-state index contributed by atoms with van der Waals surface area (Å²) in [7, 11) is 1.90. The van der Waals surface area contributed by atoms with Crippen LogP contribution >= 0.6 is 0 Å². The molecule has 1 aliphatic heterocycles. The lowest BCUT2D eigenvalue weighted by Crippen LogP contribution is -2.50. The van der Waals surface area contributed by atoms with Crippen LogP contribution < -0.4 is 10.6 Å². The maximum atomic E-state index is 13.8. The lowest BCUT2D eigenvalue weighted by Gasteiger charge is -2.33. The third kappa shape index (κ3) is 4.43. The van der Waals surface area contributed by atoms with Gasteiger partial charge in [-0.25, -0.2) is 8.78 Å². The number of carbonyl (C=O) groups is 1. The van der Waals surface area contributed by atoms with Crippen molar-refractivity contribution in [3.8, 4) is 11.3 Å². The van der Waals surface area contributed by atoms with E-state index in [0.29, 0.717) is 17.7 Å². The average molecular weight is 439 g/mol. The second-order valence-electron chi connectivity index (χ2n) is 8.65. The third-order valence-electron chi connectivity index (χ3n) is 6.20. The Morgan fingerprint density at radius 3 is 2.66 bits per heavy atom. The Morgan fingerprint density at radius 2 is 1.97 bits per heavy atom. The number of rotatable bonds is 5. The summed E-state index contributed by atoms with van der Waals surface area (Å²) >= 11 is 0. The summed E-state index contributed by atoms with van der Waals surface area (Å²) < 4.78 is 29.0. The molecule has 1 saturated heterocycles. The maximum absolute atomic E-state index is 13.8. The zero-order valence-electron chi connectivity index (χ0n) is 18.5. The van der Waals surface area contributed by atoms with Gasteiger partial charge in [0, 0.05) is 42.9 Å². The van der Waals surface area contributed by atoms with Gasteiger partial charge in [-0.3, -0.25) is 9.48 Å². The minimum Gasteiger partial charge on any atom is -0.347 e. The summed E-state index contributed by atoms with van der Waals surface area (Å²) in [5.74, 6) is -1.77. The highest BCUT2D eigenvalue weighted by atomic mass is 19.2. The number of piperidine rings is 1. The van der Waals surface area contributed by atoms with Crippen molar-refractivity contribution in [3.05, 3.63) is 77.0 Å². The van der Waals surface area contributed by atoms with Crippen LogP contribution in [-0.2, 0) is 7.05 Å². The minimum absolute atomic E-state index is 0.0893. The van der Waals surface area contributed by atoms with Crippen molar-refractivity contribution in [3.63, 3.8) is 0 Å². The Balaban J connectivity index is 1.59. The van der Waals surface area contributed by atoms with Crippen LogP contribution in [0.15, 0.2) is 48.7 Å². The first kappa shape index (κ1) is 22.1. The highest BCUT2D eigenvalue weighted by Crippen LogP contribution is 2.31. The molecule has 0 bridgehead atoms. The number of halogens is 2. The number of benzene rings is 2. The molecule has 2 heterocycles. The average Bonchev–Trinajstić information content (AvgIpc) is 3.21. The number of aryl methyl sites for hydroxylation is 1. The Morgan fingerprint density at radius 1 is 1.16 bits per heavy atom. The van der Waals surface area contributed by atoms with Crippen LogP contribution in [-0.4, -0.2) is 34.8 Å². The van der Waals surface area contributed by atoms with Gasteiger partial charge >= 0.3 is 0 Å². The fourth-order valence-corrected chi connectivity index (χ4v) is 4.46. The summed E-state index contributed by atoms with van der Waals surface area (Å²) in [5.41, 5.74) is 4.39. The van der Waals surface area contributed by atoms with E-state index in [4.69, 9.17) is 0 Å². The zero-order valence-corrected chi connectivity index (χ0v) is 18.5. The smallest absolute Gasteiger partial charge is 0.251 e. The molecular formula is C25H28F2N4O. The zero-order chi connectivity index (χ0) is 22.8. The number of aromatic nitrogens is 2. The second kappa shape index (κ2) is 9.20. The molecule has 1 aliphatic rings. The van der Waals surface area contributed by atoms with Crippen molar-refractivity contribution in [1.29, 1.82) is 0 Å². The van der Waals surface area contributed by atoms with Crippen LogP contribution in [0.4, 0.5) is 8.78 Å². The van der Waals surface area contributed by atoms with E-state index in [2.05, 4.69) is 29.6 Å². The molecule has 32 heavy (non-hydrogen) atoms. The summed E-state index contributed by atoms with van der Waals surface area (Å²) in [6.45, 7) is 5.52. The Bertz CT molecular complexity index is 1120. The largest absolute Gasteiger partial charge is 0.347 e. The predicted molar refractivity (Wildman–Crippen MR) is 121 cm³/mol. The SMILES string of the molecule is CC(C)c1cc(C(=O)N[C@@H]2CNCC[C@H]2c2ccc(F)c(F)c2)ccc1-c1ccnn1C. The molecule has 5 nitrogen and oxygen atoms in total. The van der Waals surface area contributed by atoms with Crippen molar-refractivity contribution in [2.24, 2.45) is 7.05 Å². The molecule has 0 spiro atoms. The molecule has 168 valence electrons. The predicted octanol–water partition coefficient (Wildman–Crippen LogP) is 4.36. The first-order valence-electron chi connectivity index (χ1n) is 10.9. The Labute approximate surface area is 186 Å². The van der Waals surface area contributed by atoms with E-state index >= 15 is 0 Å². The number of hydrogen-bond acceptors (Lipinski definition) is 3. The van der Waals surface area contributed by atoms with Crippen LogP contribution in [0.1, 0.15) is 53.6 Å². The molecule has 0 aliphatic carbocycles. The molecular weight excluding hydrogens is 410 g/mol. The first-order valence-corrected chi connectivity index (χ1v) is 10.9. The van der Waals surface area contributed by atoms with Crippen molar-refractivity contribution in [2.45, 2.75) is 38.1 Å². The number of nitrogens with one attached hydrogen (secondary N) is 2. The molecule has 2 N–H and O–H groups in total. The van der Waals surface area contributed by atoms with Crippen molar-refractivity contribution >= 4 is 5.91 Å². The molecule has 0 unspecified atom stereocenters. The van der Waals surface area contributed by atoms with Gasteiger partial charge < -0.3 is 10.6 Å². The number of carbonyl (C=O) groups excluding carboxylic acids is 1. The van der Waals surface area contributed by atoms with Gasteiger partial charge in [0.2, 0.25) is 0 Å². The molecule has 3 aromatic rings. The van der Waals surface area contributed by atoms with Crippen LogP contribution in [0.5, 0.6) is 0 Å². The van der Waals surface area contributed by atoms with Gasteiger partial charge in [-0.05, 0) is 60.3 Å².